The summed E-state index contributed by atoms with van der Waals surface area (Å²) < 4.78 is 10.0. The summed E-state index contributed by atoms with van der Waals surface area (Å²) in [5.41, 5.74) is 1.88. The predicted octanol–water partition coefficient (Wildman–Crippen LogP) is 3.03. The molecule has 1 aromatic carbocycles. The maximum atomic E-state index is 12.1. The maximum Gasteiger partial charge on any atom is 0.418 e. The van der Waals surface area contributed by atoms with Crippen LogP contribution in [-0.2, 0) is 14.3 Å². The van der Waals surface area contributed by atoms with E-state index in [4.69, 9.17) is 9.47 Å². The second kappa shape index (κ2) is 6.74. The summed E-state index contributed by atoms with van der Waals surface area (Å²) in [5.74, 6) is -0.563. The number of carbonyl (C=O) groups is 2. The average Bonchev–Trinajstić information content (AvgIpc) is 2.67. The molecule has 0 N–H and O–H groups in total. The molecule has 0 fully saturated rings. The van der Waals surface area contributed by atoms with Crippen molar-refractivity contribution in [3.8, 4) is 0 Å². The van der Waals surface area contributed by atoms with Gasteiger partial charge in [0.1, 0.15) is 5.70 Å². The first kappa shape index (κ1) is 14.8. The van der Waals surface area contributed by atoms with Gasteiger partial charge in [0.05, 0.1) is 13.2 Å². The highest BCUT2D eigenvalue weighted by atomic mass is 16.6. The third-order valence-electron chi connectivity index (χ3n) is 2.90. The predicted molar refractivity (Wildman–Crippen MR) is 78.9 cm³/mol. The number of ether oxygens (including phenoxy) is 2. The average molecular weight is 287 g/mol. The van der Waals surface area contributed by atoms with Crippen LogP contribution in [0.5, 0.6) is 0 Å². The van der Waals surface area contributed by atoms with Gasteiger partial charge >= 0.3 is 12.1 Å². The molecule has 0 aromatic heterocycles. The van der Waals surface area contributed by atoms with Gasteiger partial charge in [-0.3, -0.25) is 0 Å². The molecule has 0 saturated carbocycles. The molecule has 0 saturated heterocycles. The molecule has 0 aliphatic carbocycles. The molecular formula is C16H17NO4. The number of fused-ring (bicyclic) bond motifs is 1. The van der Waals surface area contributed by atoms with Gasteiger partial charge in [-0.25, -0.2) is 14.5 Å². The highest BCUT2D eigenvalue weighted by Crippen LogP contribution is 2.23. The highest BCUT2D eigenvalue weighted by Gasteiger charge is 2.25. The van der Waals surface area contributed by atoms with Gasteiger partial charge in [-0.15, -0.1) is 0 Å². The van der Waals surface area contributed by atoms with E-state index >= 15 is 0 Å². The normalized spacial score (nSPS) is 13.0. The zero-order valence-corrected chi connectivity index (χ0v) is 12.0. The molecule has 5 heteroatoms. The van der Waals surface area contributed by atoms with E-state index in [0.717, 1.165) is 11.1 Å². The molecule has 110 valence electrons. The number of nitrogens with zero attached hydrogens (tertiary/aromatic N) is 1. The smallest absolute Gasteiger partial charge is 0.418 e. The Morgan fingerprint density at radius 3 is 2.38 bits per heavy atom. The van der Waals surface area contributed by atoms with Crippen molar-refractivity contribution in [2.75, 3.05) is 13.2 Å². The highest BCUT2D eigenvalue weighted by molar-refractivity contribution is 5.98. The minimum atomic E-state index is -0.610. The molecule has 1 amide bonds. The monoisotopic (exact) mass is 287 g/mol. The first-order valence-corrected chi connectivity index (χ1v) is 6.79. The fourth-order valence-electron chi connectivity index (χ4n) is 1.96. The number of hydrogen-bond acceptors (Lipinski definition) is 4. The van der Waals surface area contributed by atoms with Crippen molar-refractivity contribution < 1.29 is 19.1 Å². The fraction of sp³-hybridized carbons (Fsp3) is 0.250. The molecule has 1 heterocycles. The molecule has 1 aliphatic heterocycles. The summed E-state index contributed by atoms with van der Waals surface area (Å²) in [6, 6.07) is 7.53. The Balaban J connectivity index is 2.45. The largest absolute Gasteiger partial charge is 0.461 e. The third-order valence-corrected chi connectivity index (χ3v) is 2.90. The zero-order valence-electron chi connectivity index (χ0n) is 12.0. The van der Waals surface area contributed by atoms with Crippen LogP contribution in [0.25, 0.3) is 12.2 Å². The van der Waals surface area contributed by atoms with Gasteiger partial charge < -0.3 is 9.47 Å². The molecular weight excluding hydrogens is 270 g/mol. The zero-order chi connectivity index (χ0) is 15.2. The Bertz CT molecular complexity index is 604. The first-order valence-electron chi connectivity index (χ1n) is 6.79. The summed E-state index contributed by atoms with van der Waals surface area (Å²) in [4.78, 5) is 25.3. The molecule has 1 aromatic rings. The summed E-state index contributed by atoms with van der Waals surface area (Å²) in [6.07, 6.45) is 4.30. The Labute approximate surface area is 123 Å². The van der Waals surface area contributed by atoms with Gasteiger partial charge in [0.25, 0.3) is 0 Å². The van der Waals surface area contributed by atoms with Crippen molar-refractivity contribution in [1.82, 2.24) is 4.90 Å². The molecule has 0 bridgehead atoms. The van der Waals surface area contributed by atoms with Gasteiger partial charge in [-0.1, -0.05) is 24.3 Å². The van der Waals surface area contributed by atoms with E-state index in [1.54, 1.807) is 26.0 Å². The summed E-state index contributed by atoms with van der Waals surface area (Å²) in [5, 5.41) is 0. The molecule has 21 heavy (non-hydrogen) atoms. The minimum Gasteiger partial charge on any atom is -0.461 e. The van der Waals surface area contributed by atoms with Crippen LogP contribution in [0, 0.1) is 0 Å². The summed E-state index contributed by atoms with van der Waals surface area (Å²) in [6.45, 7) is 3.89. The second-order valence-corrected chi connectivity index (χ2v) is 4.26. The van der Waals surface area contributed by atoms with Crippen molar-refractivity contribution in [2.45, 2.75) is 13.8 Å². The van der Waals surface area contributed by atoms with Gasteiger partial charge in [-0.05, 0) is 37.1 Å². The van der Waals surface area contributed by atoms with Crippen molar-refractivity contribution in [2.24, 2.45) is 0 Å². The van der Waals surface area contributed by atoms with Crippen LogP contribution in [0.15, 0.2) is 36.2 Å². The molecule has 0 atom stereocenters. The van der Waals surface area contributed by atoms with E-state index in [9.17, 15) is 9.59 Å². The van der Waals surface area contributed by atoms with Crippen LogP contribution in [-0.4, -0.2) is 30.2 Å². The Morgan fingerprint density at radius 2 is 1.71 bits per heavy atom. The van der Waals surface area contributed by atoms with Crippen molar-refractivity contribution >= 4 is 24.2 Å². The lowest BCUT2D eigenvalue weighted by molar-refractivity contribution is -0.139. The number of amides is 1. The van der Waals surface area contributed by atoms with Crippen molar-refractivity contribution in [1.29, 1.82) is 0 Å². The van der Waals surface area contributed by atoms with Gasteiger partial charge in [0.15, 0.2) is 0 Å². The standard InChI is InChI=1S/C16H17NO4/c1-3-20-15(18)14-11-13-8-6-5-7-12(13)9-10-17(14)16(19)21-4-2/h5-11H,3-4H2,1-2H3. The fourth-order valence-corrected chi connectivity index (χ4v) is 1.96. The van der Waals surface area contributed by atoms with Crippen LogP contribution in [0.4, 0.5) is 4.79 Å². The maximum absolute atomic E-state index is 12.1. The van der Waals surface area contributed by atoms with Crippen molar-refractivity contribution in [3.05, 3.63) is 47.3 Å². The Morgan fingerprint density at radius 1 is 1.05 bits per heavy atom. The van der Waals surface area contributed by atoms with E-state index in [-0.39, 0.29) is 18.9 Å². The van der Waals surface area contributed by atoms with Gasteiger partial charge in [0.2, 0.25) is 0 Å². The van der Waals surface area contributed by atoms with Crippen LogP contribution >= 0.6 is 0 Å². The summed E-state index contributed by atoms with van der Waals surface area (Å²) >= 11 is 0. The van der Waals surface area contributed by atoms with Crippen LogP contribution in [0.1, 0.15) is 25.0 Å². The Kier molecular flexibility index (Phi) is 4.77. The number of benzene rings is 1. The van der Waals surface area contributed by atoms with E-state index in [1.165, 1.54) is 11.1 Å². The molecule has 2 rings (SSSR count). The lowest BCUT2D eigenvalue weighted by Gasteiger charge is -2.18. The number of carbonyl (C=O) groups excluding carboxylic acids is 2. The lowest BCUT2D eigenvalue weighted by atomic mass is 10.1. The number of rotatable bonds is 3. The Hall–Kier alpha value is -2.56. The van der Waals surface area contributed by atoms with E-state index < -0.39 is 12.1 Å². The molecule has 0 radical (unpaired) electrons. The molecule has 5 nitrogen and oxygen atoms in total. The summed E-state index contributed by atoms with van der Waals surface area (Å²) in [7, 11) is 0. The topological polar surface area (TPSA) is 55.8 Å². The van der Waals surface area contributed by atoms with Crippen molar-refractivity contribution in [3.63, 3.8) is 0 Å². The van der Waals surface area contributed by atoms with Gasteiger partial charge in [0, 0.05) is 6.20 Å². The van der Waals surface area contributed by atoms with E-state index in [0.29, 0.717) is 0 Å². The number of esters is 1. The third kappa shape index (κ3) is 3.31. The van der Waals surface area contributed by atoms with Crippen LogP contribution in [0.3, 0.4) is 0 Å². The van der Waals surface area contributed by atoms with Crippen LogP contribution in [0.2, 0.25) is 0 Å². The minimum absolute atomic E-state index is 0.136. The number of hydrogen-bond donors (Lipinski definition) is 0. The van der Waals surface area contributed by atoms with E-state index in [2.05, 4.69) is 0 Å². The van der Waals surface area contributed by atoms with Gasteiger partial charge in [-0.2, -0.15) is 0 Å². The van der Waals surface area contributed by atoms with Crippen LogP contribution < -0.4 is 0 Å². The first-order chi connectivity index (χ1) is 10.2. The lowest BCUT2D eigenvalue weighted by Crippen LogP contribution is -2.30. The molecule has 0 unspecified atom stereocenters. The SMILES string of the molecule is CCOC(=O)C1=Cc2ccccc2C=CN1C(=O)OCC. The molecule has 0 spiro atoms. The quantitative estimate of drug-likeness (QED) is 0.802. The molecule has 1 aliphatic rings. The second-order valence-electron chi connectivity index (χ2n) is 4.26. The van der Waals surface area contributed by atoms with E-state index in [1.807, 2.05) is 24.3 Å².